The highest BCUT2D eigenvalue weighted by Gasteiger charge is 2.34. The summed E-state index contributed by atoms with van der Waals surface area (Å²) in [5.74, 6) is -1.29. The van der Waals surface area contributed by atoms with Crippen LogP contribution < -0.4 is 10.2 Å². The topological polar surface area (TPSA) is 86.7 Å². The molecule has 1 atom stereocenters. The van der Waals surface area contributed by atoms with Crippen LogP contribution in [0, 0.1) is 5.92 Å². The Labute approximate surface area is 149 Å². The number of hydrogen-bond donors (Lipinski definition) is 2. The summed E-state index contributed by atoms with van der Waals surface area (Å²) in [5.41, 5.74) is 0.790. The molecule has 7 heteroatoms. The van der Waals surface area contributed by atoms with E-state index < -0.39 is 5.97 Å². The molecule has 1 aromatic rings. The lowest BCUT2D eigenvalue weighted by Gasteiger charge is -2.17. The van der Waals surface area contributed by atoms with Crippen molar-refractivity contribution in [3.05, 3.63) is 28.7 Å². The minimum Gasteiger partial charge on any atom is -0.481 e. The van der Waals surface area contributed by atoms with Crippen molar-refractivity contribution >= 4 is 39.4 Å². The van der Waals surface area contributed by atoms with Gasteiger partial charge < -0.3 is 15.3 Å². The Kier molecular flexibility index (Phi) is 6.78. The Hall–Kier alpha value is -1.89. The standard InChI is InChI=1S/C17H21BrN2O4/c18-13-5-4-6-14(10-13)20-11-12(9-15(20)21)17(24)19-8-3-1-2-7-16(22)23/h4-6,10,12H,1-3,7-9,11H2,(H,19,24)(H,22,23). The molecule has 130 valence electrons. The smallest absolute Gasteiger partial charge is 0.303 e. The van der Waals surface area contributed by atoms with Crippen LogP contribution in [0.25, 0.3) is 0 Å². The van der Waals surface area contributed by atoms with Crippen molar-refractivity contribution in [3.63, 3.8) is 0 Å². The maximum atomic E-state index is 12.2. The van der Waals surface area contributed by atoms with E-state index in [1.807, 2.05) is 24.3 Å². The summed E-state index contributed by atoms with van der Waals surface area (Å²) in [6.07, 6.45) is 2.50. The van der Waals surface area contributed by atoms with Crippen LogP contribution >= 0.6 is 15.9 Å². The lowest BCUT2D eigenvalue weighted by Crippen LogP contribution is -2.33. The summed E-state index contributed by atoms with van der Waals surface area (Å²) in [6.45, 7) is 0.903. The number of rotatable bonds is 8. The summed E-state index contributed by atoms with van der Waals surface area (Å²) < 4.78 is 0.891. The van der Waals surface area contributed by atoms with Gasteiger partial charge in [-0.3, -0.25) is 14.4 Å². The summed E-state index contributed by atoms with van der Waals surface area (Å²) in [7, 11) is 0. The first-order valence-electron chi connectivity index (χ1n) is 8.03. The maximum absolute atomic E-state index is 12.2. The van der Waals surface area contributed by atoms with Gasteiger partial charge in [0.1, 0.15) is 0 Å². The van der Waals surface area contributed by atoms with E-state index in [9.17, 15) is 14.4 Å². The number of nitrogens with zero attached hydrogens (tertiary/aromatic N) is 1. The average molecular weight is 397 g/mol. The maximum Gasteiger partial charge on any atom is 0.303 e. The molecular formula is C17H21BrN2O4. The molecule has 1 aliphatic heterocycles. The van der Waals surface area contributed by atoms with Gasteiger partial charge in [-0.15, -0.1) is 0 Å². The second kappa shape index (κ2) is 8.82. The van der Waals surface area contributed by atoms with Gasteiger partial charge in [-0.25, -0.2) is 0 Å². The molecule has 1 aromatic carbocycles. The number of carboxylic acids is 1. The van der Waals surface area contributed by atoms with Crippen molar-refractivity contribution in [1.82, 2.24) is 5.32 Å². The van der Waals surface area contributed by atoms with Gasteiger partial charge in [0.05, 0.1) is 5.92 Å². The molecule has 0 aliphatic carbocycles. The molecule has 1 saturated heterocycles. The number of halogens is 1. The Morgan fingerprint density at radius 3 is 2.79 bits per heavy atom. The number of anilines is 1. The van der Waals surface area contributed by atoms with Gasteiger partial charge in [0.25, 0.3) is 0 Å². The van der Waals surface area contributed by atoms with E-state index in [0.29, 0.717) is 19.5 Å². The first-order chi connectivity index (χ1) is 11.5. The SMILES string of the molecule is O=C(O)CCCCCNC(=O)C1CC(=O)N(c2cccc(Br)c2)C1. The van der Waals surface area contributed by atoms with Gasteiger partial charge in [-0.05, 0) is 31.0 Å². The van der Waals surface area contributed by atoms with Crippen LogP contribution in [-0.2, 0) is 14.4 Å². The van der Waals surface area contributed by atoms with Gasteiger partial charge in [-0.1, -0.05) is 28.4 Å². The van der Waals surface area contributed by atoms with E-state index >= 15 is 0 Å². The van der Waals surface area contributed by atoms with E-state index in [2.05, 4.69) is 21.2 Å². The van der Waals surface area contributed by atoms with Gasteiger partial charge in [0, 0.05) is 36.1 Å². The molecule has 6 nitrogen and oxygen atoms in total. The largest absolute Gasteiger partial charge is 0.481 e. The van der Waals surface area contributed by atoms with Crippen LogP contribution in [0.1, 0.15) is 32.1 Å². The van der Waals surface area contributed by atoms with Gasteiger partial charge in [0.2, 0.25) is 11.8 Å². The molecule has 0 bridgehead atoms. The van der Waals surface area contributed by atoms with Crippen LogP contribution in [0.5, 0.6) is 0 Å². The number of hydrogen-bond acceptors (Lipinski definition) is 3. The molecule has 1 fully saturated rings. The molecule has 0 saturated carbocycles. The third-order valence-corrected chi connectivity index (χ3v) is 4.48. The number of benzene rings is 1. The molecule has 24 heavy (non-hydrogen) atoms. The van der Waals surface area contributed by atoms with Crippen LogP contribution in [0.15, 0.2) is 28.7 Å². The zero-order valence-corrected chi connectivity index (χ0v) is 14.9. The minimum atomic E-state index is -0.795. The number of nitrogens with one attached hydrogen (secondary N) is 1. The van der Waals surface area contributed by atoms with E-state index in [-0.39, 0.29) is 30.6 Å². The minimum absolute atomic E-state index is 0.0466. The number of carbonyl (C=O) groups is 3. The lowest BCUT2D eigenvalue weighted by atomic mass is 10.1. The molecule has 2 rings (SSSR count). The molecule has 0 aromatic heterocycles. The number of carbonyl (C=O) groups excluding carboxylic acids is 2. The van der Waals surface area contributed by atoms with Crippen molar-refractivity contribution in [3.8, 4) is 0 Å². The molecule has 1 unspecified atom stereocenters. The molecule has 2 N–H and O–H groups in total. The van der Waals surface area contributed by atoms with Crippen molar-refractivity contribution in [2.24, 2.45) is 5.92 Å². The van der Waals surface area contributed by atoms with E-state index in [1.54, 1.807) is 4.90 Å². The van der Waals surface area contributed by atoms with Crippen molar-refractivity contribution in [2.45, 2.75) is 32.1 Å². The first-order valence-corrected chi connectivity index (χ1v) is 8.82. The zero-order chi connectivity index (χ0) is 17.5. The van der Waals surface area contributed by atoms with Crippen molar-refractivity contribution in [2.75, 3.05) is 18.0 Å². The molecule has 0 spiro atoms. The summed E-state index contributed by atoms with van der Waals surface area (Å²) in [6, 6.07) is 7.46. The van der Waals surface area contributed by atoms with Crippen molar-refractivity contribution < 1.29 is 19.5 Å². The first kappa shape index (κ1) is 18.4. The lowest BCUT2D eigenvalue weighted by molar-refractivity contribution is -0.137. The fourth-order valence-electron chi connectivity index (χ4n) is 2.71. The summed E-state index contributed by atoms with van der Waals surface area (Å²) in [5, 5.41) is 11.4. The summed E-state index contributed by atoms with van der Waals surface area (Å²) >= 11 is 3.38. The Morgan fingerprint density at radius 2 is 2.08 bits per heavy atom. The highest BCUT2D eigenvalue weighted by molar-refractivity contribution is 9.10. The second-order valence-electron chi connectivity index (χ2n) is 5.88. The average Bonchev–Trinajstić information content (AvgIpc) is 2.92. The number of amides is 2. The van der Waals surface area contributed by atoms with Crippen LogP contribution in [0.4, 0.5) is 5.69 Å². The van der Waals surface area contributed by atoms with Gasteiger partial charge >= 0.3 is 5.97 Å². The Balaban J connectivity index is 1.76. The van der Waals surface area contributed by atoms with Crippen LogP contribution in [-0.4, -0.2) is 36.0 Å². The quantitative estimate of drug-likeness (QED) is 0.661. The zero-order valence-electron chi connectivity index (χ0n) is 13.3. The number of carboxylic acid groups (broad SMARTS) is 1. The molecule has 0 radical (unpaired) electrons. The van der Waals surface area contributed by atoms with E-state index in [1.165, 1.54) is 0 Å². The van der Waals surface area contributed by atoms with Gasteiger partial charge in [-0.2, -0.15) is 0 Å². The van der Waals surface area contributed by atoms with E-state index in [4.69, 9.17) is 5.11 Å². The fraction of sp³-hybridized carbons (Fsp3) is 0.471. The Bertz CT molecular complexity index is 620. The predicted octanol–water partition coefficient (Wildman–Crippen LogP) is 2.56. The van der Waals surface area contributed by atoms with E-state index in [0.717, 1.165) is 23.0 Å². The third kappa shape index (κ3) is 5.33. The monoisotopic (exact) mass is 396 g/mol. The highest BCUT2D eigenvalue weighted by atomic mass is 79.9. The predicted molar refractivity (Wildman–Crippen MR) is 93.7 cm³/mol. The van der Waals surface area contributed by atoms with Crippen LogP contribution in [0.2, 0.25) is 0 Å². The second-order valence-corrected chi connectivity index (χ2v) is 6.80. The number of unbranched alkanes of at least 4 members (excludes halogenated alkanes) is 2. The molecule has 1 aliphatic rings. The normalized spacial score (nSPS) is 17.1. The van der Waals surface area contributed by atoms with Gasteiger partial charge in [0.15, 0.2) is 0 Å². The van der Waals surface area contributed by atoms with Crippen LogP contribution in [0.3, 0.4) is 0 Å². The fourth-order valence-corrected chi connectivity index (χ4v) is 3.10. The Morgan fingerprint density at radius 1 is 1.29 bits per heavy atom. The number of aliphatic carboxylic acids is 1. The molecular weight excluding hydrogens is 376 g/mol. The highest BCUT2D eigenvalue weighted by Crippen LogP contribution is 2.27. The van der Waals surface area contributed by atoms with Crippen molar-refractivity contribution in [1.29, 1.82) is 0 Å². The molecule has 2 amide bonds. The summed E-state index contributed by atoms with van der Waals surface area (Å²) in [4.78, 5) is 36.4. The molecule has 1 heterocycles. The third-order valence-electron chi connectivity index (χ3n) is 3.98.